The Morgan fingerprint density at radius 2 is 2.28 bits per heavy atom. The number of hydrogen-bond acceptors (Lipinski definition) is 3. The van der Waals surface area contributed by atoms with Crippen LogP contribution >= 0.6 is 11.6 Å². The second-order valence-corrected chi connectivity index (χ2v) is 4.43. The highest BCUT2D eigenvalue weighted by Crippen LogP contribution is 2.13. The molecule has 0 aliphatic rings. The lowest BCUT2D eigenvalue weighted by molar-refractivity contribution is 0.414. The van der Waals surface area contributed by atoms with Gasteiger partial charge in [0, 0.05) is 12.1 Å². The van der Waals surface area contributed by atoms with Gasteiger partial charge in [0.2, 0.25) is 0 Å². The highest BCUT2D eigenvalue weighted by atomic mass is 35.5. The van der Waals surface area contributed by atoms with Crippen molar-refractivity contribution >= 4 is 11.6 Å². The van der Waals surface area contributed by atoms with Crippen LogP contribution in [0.1, 0.15) is 17.7 Å². The van der Waals surface area contributed by atoms with Gasteiger partial charge >= 0.3 is 0 Å². The second-order valence-electron chi connectivity index (χ2n) is 4.05. The van der Waals surface area contributed by atoms with Crippen molar-refractivity contribution in [1.29, 1.82) is 0 Å². The zero-order valence-corrected chi connectivity index (χ0v) is 11.1. The molecule has 1 aromatic carbocycles. The van der Waals surface area contributed by atoms with Gasteiger partial charge < -0.3 is 4.74 Å². The van der Waals surface area contributed by atoms with Crippen LogP contribution in [0.2, 0.25) is 0 Å². The maximum absolute atomic E-state index is 5.65. The van der Waals surface area contributed by atoms with Crippen molar-refractivity contribution in [3.05, 3.63) is 41.7 Å². The summed E-state index contributed by atoms with van der Waals surface area (Å²) in [6.45, 7) is 0.699. The summed E-state index contributed by atoms with van der Waals surface area (Å²) in [6, 6.07) is 7.94. The van der Waals surface area contributed by atoms with Gasteiger partial charge in [-0.05, 0) is 30.5 Å². The SMILES string of the molecule is COc1cccc(Cn2cc(CCCCl)nn2)c1. The Hall–Kier alpha value is -1.55. The molecule has 0 bridgehead atoms. The zero-order chi connectivity index (χ0) is 12.8. The number of ether oxygens (including phenoxy) is 1. The van der Waals surface area contributed by atoms with Crippen LogP contribution in [-0.2, 0) is 13.0 Å². The number of methoxy groups -OCH3 is 1. The lowest BCUT2D eigenvalue weighted by atomic mass is 10.2. The number of alkyl halides is 1. The van der Waals surface area contributed by atoms with E-state index in [0.29, 0.717) is 12.4 Å². The fraction of sp³-hybridized carbons (Fsp3) is 0.385. The highest BCUT2D eigenvalue weighted by Gasteiger charge is 2.02. The van der Waals surface area contributed by atoms with Crippen LogP contribution < -0.4 is 4.74 Å². The molecule has 5 heteroatoms. The van der Waals surface area contributed by atoms with E-state index in [4.69, 9.17) is 16.3 Å². The standard InChI is InChI=1S/C13H16ClN3O/c1-18-13-6-2-4-11(8-13)9-17-10-12(15-16-17)5-3-7-14/h2,4,6,8,10H,3,5,7,9H2,1H3. The molecule has 0 atom stereocenters. The minimum atomic E-state index is 0.656. The van der Waals surface area contributed by atoms with E-state index in [1.807, 2.05) is 35.1 Å². The Kier molecular flexibility index (Phi) is 4.59. The van der Waals surface area contributed by atoms with Crippen LogP contribution in [-0.4, -0.2) is 28.0 Å². The average Bonchev–Trinajstić information content (AvgIpc) is 2.84. The van der Waals surface area contributed by atoms with Crippen molar-refractivity contribution in [3.63, 3.8) is 0 Å². The van der Waals surface area contributed by atoms with Crippen molar-refractivity contribution in [3.8, 4) is 5.75 Å². The third-order valence-electron chi connectivity index (χ3n) is 2.63. The molecule has 0 spiro atoms. The molecule has 0 fully saturated rings. The normalized spacial score (nSPS) is 10.6. The minimum Gasteiger partial charge on any atom is -0.497 e. The first-order chi connectivity index (χ1) is 8.81. The van der Waals surface area contributed by atoms with Crippen molar-refractivity contribution in [2.45, 2.75) is 19.4 Å². The Bertz CT molecular complexity index is 498. The predicted octanol–water partition coefficient (Wildman–Crippen LogP) is 2.51. The number of hydrogen-bond donors (Lipinski definition) is 0. The molecule has 0 aliphatic heterocycles. The first-order valence-electron chi connectivity index (χ1n) is 5.89. The first-order valence-corrected chi connectivity index (χ1v) is 6.43. The Balaban J connectivity index is 2.01. The smallest absolute Gasteiger partial charge is 0.119 e. The largest absolute Gasteiger partial charge is 0.497 e. The number of nitrogens with zero attached hydrogens (tertiary/aromatic N) is 3. The van der Waals surface area contributed by atoms with E-state index in [1.165, 1.54) is 0 Å². The summed E-state index contributed by atoms with van der Waals surface area (Å²) in [4.78, 5) is 0. The molecule has 2 rings (SSSR count). The maximum atomic E-state index is 5.65. The molecular formula is C13H16ClN3O. The summed E-state index contributed by atoms with van der Waals surface area (Å²) in [5.74, 6) is 1.51. The number of aromatic nitrogens is 3. The van der Waals surface area contributed by atoms with Crippen LogP contribution in [0.25, 0.3) is 0 Å². The summed E-state index contributed by atoms with van der Waals surface area (Å²) in [5.41, 5.74) is 2.13. The van der Waals surface area contributed by atoms with E-state index in [9.17, 15) is 0 Å². The molecule has 1 aromatic heterocycles. The third-order valence-corrected chi connectivity index (χ3v) is 2.90. The molecule has 18 heavy (non-hydrogen) atoms. The number of aryl methyl sites for hydroxylation is 1. The summed E-state index contributed by atoms with van der Waals surface area (Å²) in [6.07, 6.45) is 3.77. The van der Waals surface area contributed by atoms with Crippen molar-refractivity contribution in [2.24, 2.45) is 0 Å². The maximum Gasteiger partial charge on any atom is 0.119 e. The third kappa shape index (κ3) is 3.47. The molecule has 0 saturated heterocycles. The minimum absolute atomic E-state index is 0.656. The van der Waals surface area contributed by atoms with E-state index >= 15 is 0 Å². The fourth-order valence-corrected chi connectivity index (χ4v) is 1.87. The highest BCUT2D eigenvalue weighted by molar-refractivity contribution is 6.17. The average molecular weight is 266 g/mol. The number of halogens is 1. The Labute approximate surface area is 112 Å². The summed E-state index contributed by atoms with van der Waals surface area (Å²) in [7, 11) is 1.67. The van der Waals surface area contributed by atoms with Gasteiger partial charge in [0.1, 0.15) is 5.75 Å². The molecular weight excluding hydrogens is 250 g/mol. The number of rotatable bonds is 6. The van der Waals surface area contributed by atoms with Crippen LogP contribution in [0.15, 0.2) is 30.5 Å². The molecule has 0 aliphatic carbocycles. The molecule has 1 heterocycles. The van der Waals surface area contributed by atoms with Gasteiger partial charge in [-0.3, -0.25) is 0 Å². The van der Waals surface area contributed by atoms with Crippen molar-refractivity contribution < 1.29 is 4.74 Å². The molecule has 0 N–H and O–H groups in total. The van der Waals surface area contributed by atoms with Crippen LogP contribution in [0.3, 0.4) is 0 Å². The summed E-state index contributed by atoms with van der Waals surface area (Å²) >= 11 is 5.65. The van der Waals surface area contributed by atoms with Gasteiger partial charge in [-0.2, -0.15) is 0 Å². The van der Waals surface area contributed by atoms with Gasteiger partial charge in [-0.15, -0.1) is 16.7 Å². The van der Waals surface area contributed by atoms with Crippen LogP contribution in [0, 0.1) is 0 Å². The summed E-state index contributed by atoms with van der Waals surface area (Å²) in [5, 5.41) is 8.22. The predicted molar refractivity (Wildman–Crippen MR) is 71.2 cm³/mol. The van der Waals surface area contributed by atoms with Crippen molar-refractivity contribution in [2.75, 3.05) is 13.0 Å². The topological polar surface area (TPSA) is 39.9 Å². The van der Waals surface area contributed by atoms with Crippen LogP contribution in [0.4, 0.5) is 0 Å². The lowest BCUT2D eigenvalue weighted by Crippen LogP contribution is -2.00. The first kappa shape index (κ1) is 12.9. The molecule has 2 aromatic rings. The molecule has 0 amide bonds. The van der Waals surface area contributed by atoms with Crippen LogP contribution in [0.5, 0.6) is 5.75 Å². The van der Waals surface area contributed by atoms with Gasteiger partial charge in [0.25, 0.3) is 0 Å². The monoisotopic (exact) mass is 265 g/mol. The number of benzene rings is 1. The van der Waals surface area contributed by atoms with Gasteiger partial charge in [0.05, 0.1) is 19.3 Å². The quantitative estimate of drug-likeness (QED) is 0.754. The Morgan fingerprint density at radius 3 is 3.06 bits per heavy atom. The van der Waals surface area contributed by atoms with E-state index < -0.39 is 0 Å². The van der Waals surface area contributed by atoms with Gasteiger partial charge in [-0.1, -0.05) is 17.3 Å². The fourth-order valence-electron chi connectivity index (χ4n) is 1.74. The molecule has 0 radical (unpaired) electrons. The van der Waals surface area contributed by atoms with E-state index in [1.54, 1.807) is 7.11 Å². The molecule has 0 unspecified atom stereocenters. The van der Waals surface area contributed by atoms with E-state index in [0.717, 1.165) is 29.8 Å². The second kappa shape index (κ2) is 6.40. The summed E-state index contributed by atoms with van der Waals surface area (Å²) < 4.78 is 7.02. The molecule has 96 valence electrons. The van der Waals surface area contributed by atoms with E-state index in [-0.39, 0.29) is 0 Å². The Morgan fingerprint density at radius 1 is 1.39 bits per heavy atom. The molecule has 0 saturated carbocycles. The lowest BCUT2D eigenvalue weighted by Gasteiger charge is -2.03. The van der Waals surface area contributed by atoms with Crippen molar-refractivity contribution in [1.82, 2.24) is 15.0 Å². The van der Waals surface area contributed by atoms with Gasteiger partial charge in [-0.25, -0.2) is 4.68 Å². The zero-order valence-electron chi connectivity index (χ0n) is 10.3. The van der Waals surface area contributed by atoms with E-state index in [2.05, 4.69) is 10.3 Å². The van der Waals surface area contributed by atoms with Gasteiger partial charge in [0.15, 0.2) is 0 Å². The molecule has 4 nitrogen and oxygen atoms in total.